The van der Waals surface area contributed by atoms with Crippen molar-refractivity contribution in [1.29, 1.82) is 0 Å². The van der Waals surface area contributed by atoms with Gasteiger partial charge >= 0.3 is 6.09 Å². The van der Waals surface area contributed by atoms with Crippen LogP contribution < -0.4 is 5.32 Å². The number of morpholine rings is 1. The Bertz CT molecular complexity index is 334. The Balaban J connectivity index is 1.82. The molecule has 1 N–H and O–H groups in total. The number of nitrogens with one attached hydrogen (secondary N) is 1. The van der Waals surface area contributed by atoms with Crippen molar-refractivity contribution in [3.05, 3.63) is 0 Å². The Morgan fingerprint density at radius 1 is 1.40 bits per heavy atom. The van der Waals surface area contributed by atoms with Gasteiger partial charge in [-0.15, -0.1) is 0 Å². The molecule has 2 fully saturated rings. The molecule has 0 bridgehead atoms. The van der Waals surface area contributed by atoms with E-state index in [-0.39, 0.29) is 11.7 Å². The van der Waals surface area contributed by atoms with Gasteiger partial charge in [-0.2, -0.15) is 0 Å². The summed E-state index contributed by atoms with van der Waals surface area (Å²) in [6.45, 7) is 11.0. The topological polar surface area (TPSA) is 50.8 Å². The first kappa shape index (κ1) is 15.6. The van der Waals surface area contributed by atoms with Crippen LogP contribution in [0, 0.1) is 0 Å². The molecule has 0 aliphatic carbocycles. The van der Waals surface area contributed by atoms with Crippen molar-refractivity contribution in [2.24, 2.45) is 0 Å². The number of hydrogen-bond donors (Lipinski definition) is 1. The molecule has 0 saturated carbocycles. The van der Waals surface area contributed by atoms with Crippen LogP contribution in [0.5, 0.6) is 0 Å². The first-order chi connectivity index (χ1) is 9.34. The van der Waals surface area contributed by atoms with Gasteiger partial charge in [0.25, 0.3) is 0 Å². The maximum atomic E-state index is 12.0. The fraction of sp³-hybridized carbons (Fsp3) is 0.933. The average molecular weight is 284 g/mol. The predicted molar refractivity (Wildman–Crippen MR) is 77.8 cm³/mol. The first-order valence-corrected chi connectivity index (χ1v) is 7.69. The molecule has 0 aromatic heterocycles. The van der Waals surface area contributed by atoms with E-state index < -0.39 is 5.60 Å². The van der Waals surface area contributed by atoms with E-state index in [0.717, 1.165) is 32.4 Å². The zero-order valence-electron chi connectivity index (χ0n) is 13.2. The van der Waals surface area contributed by atoms with Crippen LogP contribution in [0.15, 0.2) is 0 Å². The van der Waals surface area contributed by atoms with E-state index in [9.17, 15) is 4.79 Å². The maximum Gasteiger partial charge on any atom is 0.410 e. The third kappa shape index (κ3) is 3.85. The number of piperidine rings is 1. The third-order valence-electron chi connectivity index (χ3n) is 4.12. The molecule has 2 aliphatic heterocycles. The molecule has 0 aromatic carbocycles. The second kappa shape index (κ2) is 5.90. The van der Waals surface area contributed by atoms with E-state index in [1.165, 1.54) is 0 Å². The Hall–Kier alpha value is -0.810. The summed E-state index contributed by atoms with van der Waals surface area (Å²) in [5, 5.41) is 3.55. The van der Waals surface area contributed by atoms with Crippen molar-refractivity contribution in [1.82, 2.24) is 10.2 Å². The number of carbonyl (C=O) groups is 1. The number of amides is 1. The van der Waals surface area contributed by atoms with Crippen molar-refractivity contribution in [2.45, 2.75) is 64.2 Å². The number of rotatable bonds is 1. The van der Waals surface area contributed by atoms with Crippen molar-refractivity contribution in [2.75, 3.05) is 26.2 Å². The molecular formula is C15H28N2O3. The molecule has 2 rings (SSSR count). The van der Waals surface area contributed by atoms with Crippen LogP contribution in [0.3, 0.4) is 0 Å². The maximum absolute atomic E-state index is 12.0. The summed E-state index contributed by atoms with van der Waals surface area (Å²) in [6.07, 6.45) is 2.66. The fourth-order valence-corrected chi connectivity index (χ4v) is 2.72. The predicted octanol–water partition coefficient (Wildman–Crippen LogP) is 2.15. The second-order valence-electron chi connectivity index (χ2n) is 6.95. The van der Waals surface area contributed by atoms with Gasteiger partial charge in [0.15, 0.2) is 0 Å². The van der Waals surface area contributed by atoms with E-state index in [1.807, 2.05) is 20.8 Å². The molecule has 2 heterocycles. The molecule has 2 saturated heterocycles. The molecular weight excluding hydrogens is 256 g/mol. The first-order valence-electron chi connectivity index (χ1n) is 7.69. The Morgan fingerprint density at radius 3 is 2.50 bits per heavy atom. The number of likely N-dealkylation sites (tertiary alicyclic amines) is 1. The van der Waals surface area contributed by atoms with Crippen LogP contribution in [-0.4, -0.2) is 54.5 Å². The van der Waals surface area contributed by atoms with Gasteiger partial charge in [-0.05, 0) is 40.0 Å². The van der Waals surface area contributed by atoms with Crippen LogP contribution in [0.4, 0.5) is 4.79 Å². The van der Waals surface area contributed by atoms with E-state index in [1.54, 1.807) is 4.90 Å². The largest absolute Gasteiger partial charge is 0.444 e. The van der Waals surface area contributed by atoms with E-state index in [0.29, 0.717) is 19.1 Å². The Kier molecular flexibility index (Phi) is 4.59. The van der Waals surface area contributed by atoms with Gasteiger partial charge in [-0.1, -0.05) is 6.92 Å². The smallest absolute Gasteiger partial charge is 0.410 e. The molecule has 1 unspecified atom stereocenters. The van der Waals surface area contributed by atoms with E-state index in [2.05, 4.69) is 12.2 Å². The third-order valence-corrected chi connectivity index (χ3v) is 4.12. The lowest BCUT2D eigenvalue weighted by atomic mass is 9.89. The summed E-state index contributed by atoms with van der Waals surface area (Å²) in [5.74, 6) is 0. The molecule has 1 atom stereocenters. The molecule has 2 aliphatic rings. The molecule has 1 spiro atoms. The molecule has 5 nitrogen and oxygen atoms in total. The van der Waals surface area contributed by atoms with Crippen molar-refractivity contribution in [3.63, 3.8) is 0 Å². The number of ether oxygens (including phenoxy) is 2. The summed E-state index contributed by atoms with van der Waals surface area (Å²) in [4.78, 5) is 13.8. The highest BCUT2D eigenvalue weighted by Crippen LogP contribution is 2.29. The fourth-order valence-electron chi connectivity index (χ4n) is 2.72. The molecule has 5 heteroatoms. The monoisotopic (exact) mass is 284 g/mol. The minimum atomic E-state index is -0.427. The summed E-state index contributed by atoms with van der Waals surface area (Å²) in [7, 11) is 0. The highest BCUT2D eigenvalue weighted by atomic mass is 16.6. The van der Waals surface area contributed by atoms with Crippen LogP contribution in [-0.2, 0) is 9.47 Å². The zero-order chi connectivity index (χ0) is 14.8. The van der Waals surface area contributed by atoms with Crippen LogP contribution in [0.1, 0.15) is 47.0 Å². The number of carbonyl (C=O) groups excluding carboxylic acids is 1. The second-order valence-corrected chi connectivity index (χ2v) is 6.95. The lowest BCUT2D eigenvalue weighted by molar-refractivity contribution is -0.113. The van der Waals surface area contributed by atoms with E-state index in [4.69, 9.17) is 9.47 Å². The average Bonchev–Trinajstić information content (AvgIpc) is 2.38. The number of nitrogens with zero attached hydrogens (tertiary/aromatic N) is 1. The quantitative estimate of drug-likeness (QED) is 0.801. The van der Waals surface area contributed by atoms with Gasteiger partial charge in [-0.3, -0.25) is 0 Å². The molecule has 1 amide bonds. The summed E-state index contributed by atoms with van der Waals surface area (Å²) < 4.78 is 11.5. The SMILES string of the molecule is CCC1COC2(CCN(C(=O)OC(C)(C)C)CC2)CN1. The summed E-state index contributed by atoms with van der Waals surface area (Å²) >= 11 is 0. The molecule has 0 radical (unpaired) electrons. The lowest BCUT2D eigenvalue weighted by Gasteiger charge is -2.45. The van der Waals surface area contributed by atoms with Crippen molar-refractivity contribution < 1.29 is 14.3 Å². The van der Waals surface area contributed by atoms with E-state index >= 15 is 0 Å². The standard InChI is InChI=1S/C15H28N2O3/c1-5-12-10-19-15(11-16-12)6-8-17(9-7-15)13(18)20-14(2,3)4/h12,16H,5-11H2,1-4H3. The minimum absolute atomic E-state index is 0.0792. The minimum Gasteiger partial charge on any atom is -0.444 e. The summed E-state index contributed by atoms with van der Waals surface area (Å²) in [5.41, 5.74) is -0.506. The highest BCUT2D eigenvalue weighted by Gasteiger charge is 2.40. The van der Waals surface area contributed by atoms with Crippen LogP contribution in [0.25, 0.3) is 0 Å². The number of hydrogen-bond acceptors (Lipinski definition) is 4. The molecule has 116 valence electrons. The van der Waals surface area contributed by atoms with Crippen LogP contribution >= 0.6 is 0 Å². The Morgan fingerprint density at radius 2 is 2.05 bits per heavy atom. The zero-order valence-corrected chi connectivity index (χ0v) is 13.2. The van der Waals surface area contributed by atoms with Gasteiger partial charge < -0.3 is 19.7 Å². The lowest BCUT2D eigenvalue weighted by Crippen LogP contribution is -2.59. The van der Waals surface area contributed by atoms with Gasteiger partial charge in [0, 0.05) is 25.7 Å². The van der Waals surface area contributed by atoms with Gasteiger partial charge in [0.05, 0.1) is 12.2 Å². The Labute approximate surface area is 122 Å². The summed E-state index contributed by atoms with van der Waals surface area (Å²) in [6, 6.07) is 0.476. The highest BCUT2D eigenvalue weighted by molar-refractivity contribution is 5.68. The van der Waals surface area contributed by atoms with Crippen molar-refractivity contribution in [3.8, 4) is 0 Å². The van der Waals surface area contributed by atoms with Gasteiger partial charge in [0.1, 0.15) is 5.60 Å². The normalized spacial score (nSPS) is 26.6. The van der Waals surface area contributed by atoms with Crippen molar-refractivity contribution >= 4 is 6.09 Å². The van der Waals surface area contributed by atoms with Crippen LogP contribution in [0.2, 0.25) is 0 Å². The molecule has 20 heavy (non-hydrogen) atoms. The van der Waals surface area contributed by atoms with Gasteiger partial charge in [0.2, 0.25) is 0 Å². The van der Waals surface area contributed by atoms with Gasteiger partial charge in [-0.25, -0.2) is 4.79 Å². The molecule has 0 aromatic rings.